The predicted octanol–water partition coefficient (Wildman–Crippen LogP) is 3.83. The van der Waals surface area contributed by atoms with Gasteiger partial charge in [0, 0.05) is 38.3 Å². The third-order valence-corrected chi connectivity index (χ3v) is 7.89. The highest BCUT2D eigenvalue weighted by molar-refractivity contribution is 5.95. The monoisotopic (exact) mass is 671 g/mol. The number of esters is 1. The Balaban J connectivity index is 1.54. The third-order valence-electron chi connectivity index (χ3n) is 7.89. The lowest BCUT2D eigenvalue weighted by molar-refractivity contribution is -0.159. The average Bonchev–Trinajstić information content (AvgIpc) is 3.80. The number of ether oxygens (including phenoxy) is 2. The molecule has 2 aliphatic rings. The van der Waals surface area contributed by atoms with Gasteiger partial charge < -0.3 is 33.6 Å². The number of allylic oxidation sites excluding steroid dienone is 2. The number of anilines is 1. The van der Waals surface area contributed by atoms with Crippen molar-refractivity contribution in [2.75, 3.05) is 25.0 Å². The molecule has 0 spiro atoms. The topological polar surface area (TPSA) is 186 Å². The van der Waals surface area contributed by atoms with Crippen molar-refractivity contribution in [2.45, 2.75) is 77.8 Å². The van der Waals surface area contributed by atoms with E-state index in [0.29, 0.717) is 24.3 Å². The van der Waals surface area contributed by atoms with Gasteiger partial charge >= 0.3 is 12.1 Å². The Kier molecular flexibility index (Phi) is 12.7. The number of hydrogen-bond donors (Lipinski definition) is 3. The molecule has 2 aromatic rings. The molecule has 0 aromatic carbocycles. The fraction of sp³-hybridized carbons (Fsp3) is 0.515. The molecule has 3 amide bonds. The van der Waals surface area contributed by atoms with E-state index in [1.54, 1.807) is 45.9 Å². The smallest absolute Gasteiger partial charge is 0.412 e. The lowest BCUT2D eigenvalue weighted by Crippen LogP contribution is -2.44. The van der Waals surface area contributed by atoms with E-state index in [1.165, 1.54) is 23.3 Å². The van der Waals surface area contributed by atoms with E-state index in [9.17, 15) is 28.7 Å². The number of fused-ring (bicyclic) bond motifs is 3. The van der Waals surface area contributed by atoms with Gasteiger partial charge in [-0.2, -0.15) is 4.98 Å². The summed E-state index contributed by atoms with van der Waals surface area (Å²) in [6.07, 6.45) is 6.35. The van der Waals surface area contributed by atoms with E-state index in [2.05, 4.69) is 20.6 Å². The Morgan fingerprint density at radius 1 is 1.21 bits per heavy atom. The molecule has 6 atom stereocenters. The normalized spacial score (nSPS) is 27.9. The molecule has 4 rings (SSSR count). The number of amides is 3. The molecular formula is C33H42FN5O9. The van der Waals surface area contributed by atoms with Gasteiger partial charge in [0.1, 0.15) is 30.8 Å². The molecule has 2 aromatic heterocycles. The number of carbonyl (C=O) groups excluding carboxylic acids is 4. The number of carbonyl (C=O) groups is 4. The maximum absolute atomic E-state index is 14.8. The third kappa shape index (κ3) is 10.4. The molecule has 14 nitrogen and oxygen atoms in total. The van der Waals surface area contributed by atoms with Crippen LogP contribution < -0.4 is 10.6 Å². The fourth-order valence-electron chi connectivity index (χ4n) is 5.50. The number of nitrogens with zero attached hydrogens (tertiary/aromatic N) is 3. The van der Waals surface area contributed by atoms with Gasteiger partial charge in [0.15, 0.2) is 23.3 Å². The first kappa shape index (κ1) is 36.1. The number of halogens is 1. The van der Waals surface area contributed by atoms with Crippen LogP contribution in [0, 0.1) is 18.8 Å². The Morgan fingerprint density at radius 2 is 2.00 bits per heavy atom. The highest BCUT2D eigenvalue weighted by Gasteiger charge is 2.39. The second-order valence-electron chi connectivity index (χ2n) is 12.0. The van der Waals surface area contributed by atoms with Crippen LogP contribution in [0.3, 0.4) is 0 Å². The fourth-order valence-corrected chi connectivity index (χ4v) is 5.50. The zero-order chi connectivity index (χ0) is 34.8. The Hall–Kier alpha value is -4.79. The van der Waals surface area contributed by atoms with Gasteiger partial charge in [0.25, 0.3) is 5.91 Å². The zero-order valence-electron chi connectivity index (χ0n) is 27.4. The molecular weight excluding hydrogens is 629 g/mol. The molecule has 0 unspecified atom stereocenters. The summed E-state index contributed by atoms with van der Waals surface area (Å²) >= 11 is 0. The summed E-state index contributed by atoms with van der Waals surface area (Å²) < 4.78 is 36.6. The number of nitrogens with one attached hydrogen (secondary N) is 2. The summed E-state index contributed by atoms with van der Waals surface area (Å²) in [6.45, 7) is 7.14. The molecule has 0 saturated carbocycles. The van der Waals surface area contributed by atoms with Crippen molar-refractivity contribution in [2.24, 2.45) is 11.8 Å². The van der Waals surface area contributed by atoms with Crippen LogP contribution in [0.25, 0.3) is 0 Å². The van der Waals surface area contributed by atoms with Crippen molar-refractivity contribution < 1.29 is 47.0 Å². The van der Waals surface area contributed by atoms with E-state index < -0.39 is 60.1 Å². The van der Waals surface area contributed by atoms with E-state index in [-0.39, 0.29) is 49.9 Å². The Bertz CT molecular complexity index is 1530. The van der Waals surface area contributed by atoms with Gasteiger partial charge in [0.05, 0.1) is 19.1 Å². The predicted molar refractivity (Wildman–Crippen MR) is 169 cm³/mol. The van der Waals surface area contributed by atoms with Crippen LogP contribution in [0.15, 0.2) is 57.3 Å². The van der Waals surface area contributed by atoms with Crippen molar-refractivity contribution in [1.82, 2.24) is 20.2 Å². The summed E-state index contributed by atoms with van der Waals surface area (Å²) in [5.41, 5.74) is 0.590. The molecule has 48 heavy (non-hydrogen) atoms. The molecule has 260 valence electrons. The molecule has 2 bridgehead atoms. The van der Waals surface area contributed by atoms with E-state index in [0.717, 1.165) is 6.26 Å². The quantitative estimate of drug-likeness (QED) is 0.401. The van der Waals surface area contributed by atoms with Crippen molar-refractivity contribution in [3.05, 3.63) is 66.0 Å². The zero-order valence-corrected chi connectivity index (χ0v) is 27.4. The minimum atomic E-state index is -1.50. The number of aliphatic hydroxyl groups excluding tert-OH is 1. The molecule has 3 N–H and O–H groups in total. The van der Waals surface area contributed by atoms with Crippen LogP contribution in [0.1, 0.15) is 62.3 Å². The minimum absolute atomic E-state index is 0.0108. The summed E-state index contributed by atoms with van der Waals surface area (Å²) in [6, 6.07) is -0.932. The van der Waals surface area contributed by atoms with Crippen molar-refractivity contribution in [3.63, 3.8) is 0 Å². The highest BCUT2D eigenvalue weighted by Crippen LogP contribution is 2.26. The number of alkyl halides is 1. The first-order valence-corrected chi connectivity index (χ1v) is 15.8. The maximum Gasteiger partial charge on any atom is 0.412 e. The minimum Gasteiger partial charge on any atom is -0.460 e. The van der Waals surface area contributed by atoms with Gasteiger partial charge in [-0.15, -0.1) is 0 Å². The van der Waals surface area contributed by atoms with Crippen LogP contribution >= 0.6 is 0 Å². The lowest BCUT2D eigenvalue weighted by atomic mass is 9.93. The van der Waals surface area contributed by atoms with Crippen LogP contribution in [0.4, 0.5) is 15.0 Å². The van der Waals surface area contributed by atoms with Crippen molar-refractivity contribution in [1.29, 1.82) is 0 Å². The number of aryl methyl sites for hydroxylation is 1. The first-order valence-electron chi connectivity index (χ1n) is 15.8. The van der Waals surface area contributed by atoms with Crippen LogP contribution in [0.5, 0.6) is 0 Å². The standard InChI is InChI=1S/C33H42FN5O9/c1-19-7-5-11-35-28(41)10-9-20(2)30(21(3)16-47-33(44)38-27-18-45-22(4)36-27)48-32(43)26-8-6-12-39(26)31(42)25-17-46-29(37-25)15-23(34)14-24(40)13-19/h5,7,9-10,13,17-18,20-21,23-24,26,30,40H,6,8,11-12,14-16H2,1-4H3,(H,35,41)(H,38,44)/b7-5+,10-9+,19-13+/t20-,21-,23-,24-,26-,30+/m1/s1. The van der Waals surface area contributed by atoms with Gasteiger partial charge in [0.2, 0.25) is 5.91 Å². The summed E-state index contributed by atoms with van der Waals surface area (Å²) in [7, 11) is 0. The maximum atomic E-state index is 14.8. The molecule has 0 radical (unpaired) electrons. The molecule has 4 heterocycles. The van der Waals surface area contributed by atoms with Gasteiger partial charge in [-0.1, -0.05) is 43.7 Å². The Labute approximate surface area is 277 Å². The SMILES string of the molecule is CC1=C\[C@@H](O)C[C@@H](F)Cc2nc(co2)C(=O)N2CCC[C@@H]2C(=O)O[C@H]([C@H](C)COC(=O)Nc2coc(C)n2)[C@H](C)/C=C/C(=O)NC\C=C\1. The van der Waals surface area contributed by atoms with E-state index in [1.807, 2.05) is 0 Å². The number of rotatable bonds is 4. The Morgan fingerprint density at radius 3 is 2.75 bits per heavy atom. The second-order valence-corrected chi connectivity index (χ2v) is 12.0. The molecule has 0 aliphatic carbocycles. The second kappa shape index (κ2) is 16.9. The van der Waals surface area contributed by atoms with E-state index in [4.69, 9.17) is 18.3 Å². The molecule has 2 aliphatic heterocycles. The average molecular weight is 672 g/mol. The summed E-state index contributed by atoms with van der Waals surface area (Å²) in [5.74, 6) is -2.16. The van der Waals surface area contributed by atoms with Gasteiger partial charge in [-0.3, -0.25) is 14.9 Å². The summed E-state index contributed by atoms with van der Waals surface area (Å²) in [5, 5.41) is 15.5. The van der Waals surface area contributed by atoms with Crippen LogP contribution in [0.2, 0.25) is 0 Å². The van der Waals surface area contributed by atoms with Crippen molar-refractivity contribution >= 4 is 29.7 Å². The van der Waals surface area contributed by atoms with Crippen LogP contribution in [-0.4, -0.2) is 88.0 Å². The lowest BCUT2D eigenvalue weighted by Gasteiger charge is -2.30. The van der Waals surface area contributed by atoms with Crippen molar-refractivity contribution in [3.8, 4) is 0 Å². The van der Waals surface area contributed by atoms with Gasteiger partial charge in [-0.25, -0.2) is 19.0 Å². The molecule has 15 heteroatoms. The van der Waals surface area contributed by atoms with E-state index >= 15 is 0 Å². The largest absolute Gasteiger partial charge is 0.460 e. The highest BCUT2D eigenvalue weighted by atomic mass is 19.1. The first-order chi connectivity index (χ1) is 22.9. The number of aliphatic hydroxyl groups is 1. The van der Waals surface area contributed by atoms with Crippen LogP contribution in [-0.2, 0) is 25.5 Å². The molecule has 1 fully saturated rings. The summed E-state index contributed by atoms with van der Waals surface area (Å²) in [4.78, 5) is 61.5. The number of hydrogen-bond acceptors (Lipinski definition) is 11. The number of aromatic nitrogens is 2. The molecule has 1 saturated heterocycles. The van der Waals surface area contributed by atoms with Gasteiger partial charge in [-0.05, 0) is 25.8 Å². The number of oxazole rings is 2. The number of cyclic esters (lactones) is 1.